The van der Waals surface area contributed by atoms with Crippen LogP contribution in [0.1, 0.15) is 47.0 Å². The van der Waals surface area contributed by atoms with E-state index in [1.54, 1.807) is 5.57 Å². The van der Waals surface area contributed by atoms with E-state index in [2.05, 4.69) is 52.5 Å². The van der Waals surface area contributed by atoms with Gasteiger partial charge in [0, 0.05) is 0 Å². The van der Waals surface area contributed by atoms with Gasteiger partial charge in [-0.25, -0.2) is 0 Å². The largest absolute Gasteiger partial charge is 0.103 e. The predicted molar refractivity (Wildman–Crippen MR) is 91.9 cm³/mol. The average Bonchev–Trinajstić information content (AvgIpc) is 3.20. The molecule has 116 valence electrons. The fraction of sp³-hybridized carbons (Fsp3) is 0.714. The second-order valence-electron chi connectivity index (χ2n) is 8.13. The third-order valence-electron chi connectivity index (χ3n) is 7.28. The first-order valence-electron chi connectivity index (χ1n) is 9.02. The quantitative estimate of drug-likeness (QED) is 0.556. The summed E-state index contributed by atoms with van der Waals surface area (Å²) in [5, 5.41) is 0. The molecule has 4 aliphatic carbocycles. The van der Waals surface area contributed by atoms with E-state index in [1.165, 1.54) is 12.8 Å². The van der Waals surface area contributed by atoms with E-state index in [1.807, 2.05) is 6.08 Å². The minimum absolute atomic E-state index is 0.889. The summed E-state index contributed by atoms with van der Waals surface area (Å²) in [5.41, 5.74) is 1.67. The smallest absolute Gasteiger partial charge is 0.0139 e. The lowest BCUT2D eigenvalue weighted by atomic mass is 9.81. The Labute approximate surface area is 131 Å². The van der Waals surface area contributed by atoms with Gasteiger partial charge in [0.25, 0.3) is 0 Å². The van der Waals surface area contributed by atoms with Gasteiger partial charge in [-0.2, -0.15) is 0 Å². The molecule has 0 aromatic rings. The van der Waals surface area contributed by atoms with Gasteiger partial charge in [-0.3, -0.25) is 0 Å². The van der Waals surface area contributed by atoms with Gasteiger partial charge in [0.1, 0.15) is 0 Å². The molecule has 0 aromatic heterocycles. The Morgan fingerprint density at radius 3 is 1.86 bits per heavy atom. The van der Waals surface area contributed by atoms with E-state index >= 15 is 0 Å². The molecule has 0 N–H and O–H groups in total. The fourth-order valence-electron chi connectivity index (χ4n) is 5.29. The summed E-state index contributed by atoms with van der Waals surface area (Å²) in [6.45, 7) is 13.4. The molecule has 4 rings (SSSR count). The molecule has 0 amide bonds. The topological polar surface area (TPSA) is 0 Å². The van der Waals surface area contributed by atoms with Crippen molar-refractivity contribution in [2.45, 2.75) is 47.0 Å². The molecule has 4 bridgehead atoms. The van der Waals surface area contributed by atoms with Gasteiger partial charge in [-0.15, -0.1) is 6.58 Å². The first-order valence-corrected chi connectivity index (χ1v) is 9.02. The zero-order valence-corrected chi connectivity index (χ0v) is 14.3. The van der Waals surface area contributed by atoms with Crippen LogP contribution in [0, 0.1) is 47.3 Å². The van der Waals surface area contributed by atoms with Crippen LogP contribution in [0.2, 0.25) is 0 Å². The highest BCUT2D eigenvalue weighted by molar-refractivity contribution is 5.24. The van der Waals surface area contributed by atoms with Crippen LogP contribution in [0.4, 0.5) is 0 Å². The molecule has 2 fully saturated rings. The molecule has 0 aromatic carbocycles. The lowest BCUT2D eigenvalue weighted by Crippen LogP contribution is -2.16. The summed E-state index contributed by atoms with van der Waals surface area (Å²) in [4.78, 5) is 0. The van der Waals surface area contributed by atoms with E-state index in [0.717, 1.165) is 53.8 Å². The van der Waals surface area contributed by atoms with Crippen LogP contribution in [0.15, 0.2) is 36.5 Å². The molecule has 0 spiro atoms. The number of fused-ring (bicyclic) bond motifs is 4. The molecule has 8 unspecified atom stereocenters. The highest BCUT2D eigenvalue weighted by Crippen LogP contribution is 2.52. The van der Waals surface area contributed by atoms with Crippen molar-refractivity contribution < 1.29 is 0 Å². The van der Waals surface area contributed by atoms with E-state index in [4.69, 9.17) is 0 Å². The normalized spacial score (nSPS) is 49.0. The van der Waals surface area contributed by atoms with Crippen LogP contribution in [0.3, 0.4) is 0 Å². The zero-order valence-electron chi connectivity index (χ0n) is 14.3. The Morgan fingerprint density at radius 1 is 0.905 bits per heavy atom. The van der Waals surface area contributed by atoms with Crippen LogP contribution < -0.4 is 0 Å². The first-order chi connectivity index (χ1) is 10.0. The Balaban J connectivity index is 0.000000131. The minimum Gasteiger partial charge on any atom is -0.103 e. The summed E-state index contributed by atoms with van der Waals surface area (Å²) in [6, 6.07) is 0. The molecule has 8 atom stereocenters. The van der Waals surface area contributed by atoms with Crippen LogP contribution in [-0.4, -0.2) is 0 Å². The van der Waals surface area contributed by atoms with Crippen molar-refractivity contribution in [1.29, 1.82) is 0 Å². The van der Waals surface area contributed by atoms with Gasteiger partial charge in [0.05, 0.1) is 0 Å². The number of rotatable bonds is 2. The maximum Gasteiger partial charge on any atom is -0.0139 e. The second-order valence-corrected chi connectivity index (χ2v) is 8.13. The highest BCUT2D eigenvalue weighted by atomic mass is 14.5. The highest BCUT2D eigenvalue weighted by Gasteiger charge is 2.42. The first kappa shape index (κ1) is 15.1. The molecule has 4 aliphatic rings. The van der Waals surface area contributed by atoms with Crippen molar-refractivity contribution in [3.8, 4) is 0 Å². The Kier molecular flexibility index (Phi) is 4.17. The van der Waals surface area contributed by atoms with E-state index in [9.17, 15) is 0 Å². The third kappa shape index (κ3) is 2.56. The SMILES string of the molecule is C=CCC1=CC2CC1C(C)C2C.CC1C2C=CC(C2)C1C. The van der Waals surface area contributed by atoms with E-state index in [0.29, 0.717) is 0 Å². The zero-order chi connectivity index (χ0) is 15.1. The standard InChI is InChI=1S/C12H18.C9H14/c1-4-5-10-6-11-7-12(10)9(3)8(11)2;1-6-7(2)9-4-3-8(6)5-9/h4,6,8-9,11-12H,1,5,7H2,2-3H3;3-4,6-9H,5H2,1-2H3. The Morgan fingerprint density at radius 2 is 1.48 bits per heavy atom. The lowest BCUT2D eigenvalue weighted by Gasteiger charge is -2.24. The molecule has 0 nitrogen and oxygen atoms in total. The van der Waals surface area contributed by atoms with E-state index in [-0.39, 0.29) is 0 Å². The predicted octanol–water partition coefficient (Wildman–Crippen LogP) is 5.88. The fourth-order valence-corrected chi connectivity index (χ4v) is 5.29. The third-order valence-corrected chi connectivity index (χ3v) is 7.28. The summed E-state index contributed by atoms with van der Waals surface area (Å²) in [6.07, 6.45) is 13.4. The summed E-state index contributed by atoms with van der Waals surface area (Å²) in [7, 11) is 0. The Bertz CT molecular complexity index is 439. The van der Waals surface area contributed by atoms with Crippen molar-refractivity contribution in [3.63, 3.8) is 0 Å². The molecule has 0 saturated heterocycles. The van der Waals surface area contributed by atoms with Crippen LogP contribution in [-0.2, 0) is 0 Å². The van der Waals surface area contributed by atoms with Gasteiger partial charge in [0.2, 0.25) is 0 Å². The van der Waals surface area contributed by atoms with Gasteiger partial charge in [-0.1, -0.05) is 57.6 Å². The van der Waals surface area contributed by atoms with Crippen molar-refractivity contribution in [2.75, 3.05) is 0 Å². The molecule has 2 saturated carbocycles. The van der Waals surface area contributed by atoms with Gasteiger partial charge < -0.3 is 0 Å². The number of hydrogen-bond acceptors (Lipinski definition) is 0. The molecule has 21 heavy (non-hydrogen) atoms. The number of hydrogen-bond donors (Lipinski definition) is 0. The molecular formula is C21H32. The monoisotopic (exact) mass is 284 g/mol. The summed E-state index contributed by atoms with van der Waals surface area (Å²) in [5.74, 6) is 7.40. The van der Waals surface area contributed by atoms with Crippen LogP contribution >= 0.6 is 0 Å². The minimum atomic E-state index is 0.889. The molecular weight excluding hydrogens is 252 g/mol. The van der Waals surface area contributed by atoms with Crippen molar-refractivity contribution in [3.05, 3.63) is 36.5 Å². The van der Waals surface area contributed by atoms with Crippen LogP contribution in [0.25, 0.3) is 0 Å². The van der Waals surface area contributed by atoms with Crippen molar-refractivity contribution >= 4 is 0 Å². The van der Waals surface area contributed by atoms with E-state index < -0.39 is 0 Å². The molecule has 0 radical (unpaired) electrons. The van der Waals surface area contributed by atoms with Crippen molar-refractivity contribution in [1.82, 2.24) is 0 Å². The maximum absolute atomic E-state index is 3.81. The van der Waals surface area contributed by atoms with Gasteiger partial charge in [0.15, 0.2) is 0 Å². The van der Waals surface area contributed by atoms with Gasteiger partial charge >= 0.3 is 0 Å². The van der Waals surface area contributed by atoms with Gasteiger partial charge in [-0.05, 0) is 66.6 Å². The van der Waals surface area contributed by atoms with Crippen LogP contribution in [0.5, 0.6) is 0 Å². The maximum atomic E-state index is 3.81. The number of allylic oxidation sites excluding steroid dienone is 5. The average molecular weight is 284 g/mol. The molecule has 0 aliphatic heterocycles. The lowest BCUT2D eigenvalue weighted by molar-refractivity contribution is 0.351. The molecule has 0 heteroatoms. The summed E-state index contributed by atoms with van der Waals surface area (Å²) >= 11 is 0. The molecule has 0 heterocycles. The summed E-state index contributed by atoms with van der Waals surface area (Å²) < 4.78 is 0. The van der Waals surface area contributed by atoms with Crippen molar-refractivity contribution in [2.24, 2.45) is 47.3 Å². The Hall–Kier alpha value is -0.780. The second kappa shape index (κ2) is 5.78.